The van der Waals surface area contributed by atoms with E-state index in [1.807, 2.05) is 36.4 Å². The number of carbonyl (C=O) groups is 1. The summed E-state index contributed by atoms with van der Waals surface area (Å²) in [7, 11) is 1.42. The van der Waals surface area contributed by atoms with Crippen molar-refractivity contribution in [1.82, 2.24) is 10.2 Å². The number of nitrogens with zero attached hydrogens (tertiary/aromatic N) is 2. The maximum Gasteiger partial charge on any atom is 0.338 e. The number of methoxy groups -OCH3 is 1. The van der Waals surface area contributed by atoms with Gasteiger partial charge in [0, 0.05) is 18.4 Å². The average molecular weight is 459 g/mol. The number of carbonyl (C=O) groups excluding carboxylic acids is 1. The molecule has 1 aromatic heterocycles. The molecule has 1 unspecified atom stereocenters. The third kappa shape index (κ3) is 5.89. The standard InChI is InChI=1S/C29H34N2O3/c1-21-9-6-7-13-25(21)27-19-23(14-15-26(27)29(32)33-2)28(24-16-17-30-31-20-24)34-18-8-12-22-10-4-3-5-11-22/h6-7,9,13-17,19-20,22,28H,3-5,8,10-12,18H2,1-2H3. The van der Waals surface area contributed by atoms with Crippen molar-refractivity contribution in [3.05, 3.63) is 83.2 Å². The molecule has 1 atom stereocenters. The van der Waals surface area contributed by atoms with Crippen LogP contribution in [0.4, 0.5) is 0 Å². The highest BCUT2D eigenvalue weighted by Gasteiger charge is 2.21. The Morgan fingerprint density at radius 1 is 1.00 bits per heavy atom. The van der Waals surface area contributed by atoms with Crippen LogP contribution in [-0.4, -0.2) is 29.9 Å². The Morgan fingerprint density at radius 2 is 1.82 bits per heavy atom. The Kier molecular flexibility index (Phi) is 8.42. The normalized spacial score (nSPS) is 15.1. The molecule has 4 rings (SSSR count). The first-order chi connectivity index (χ1) is 16.7. The Labute approximate surface area is 202 Å². The van der Waals surface area contributed by atoms with Gasteiger partial charge in [0.25, 0.3) is 0 Å². The zero-order valence-electron chi connectivity index (χ0n) is 20.2. The van der Waals surface area contributed by atoms with Crippen LogP contribution in [0.1, 0.15) is 78.1 Å². The Bertz CT molecular complexity index is 1080. The Balaban J connectivity index is 1.62. The Morgan fingerprint density at radius 3 is 2.56 bits per heavy atom. The van der Waals surface area contributed by atoms with Gasteiger partial charge in [0.1, 0.15) is 6.10 Å². The first-order valence-electron chi connectivity index (χ1n) is 12.3. The molecule has 0 bridgehead atoms. The summed E-state index contributed by atoms with van der Waals surface area (Å²) in [5.74, 6) is 0.491. The summed E-state index contributed by atoms with van der Waals surface area (Å²) < 4.78 is 11.5. The zero-order chi connectivity index (χ0) is 23.8. The molecule has 1 saturated carbocycles. The predicted molar refractivity (Wildman–Crippen MR) is 134 cm³/mol. The van der Waals surface area contributed by atoms with E-state index in [1.54, 1.807) is 12.4 Å². The number of hydrogen-bond acceptors (Lipinski definition) is 5. The number of aromatic nitrogens is 2. The lowest BCUT2D eigenvalue weighted by atomic mass is 9.86. The van der Waals surface area contributed by atoms with E-state index in [9.17, 15) is 4.79 Å². The van der Waals surface area contributed by atoms with Gasteiger partial charge in [-0.2, -0.15) is 10.2 Å². The van der Waals surface area contributed by atoms with Crippen molar-refractivity contribution < 1.29 is 14.3 Å². The van der Waals surface area contributed by atoms with E-state index in [4.69, 9.17) is 9.47 Å². The van der Waals surface area contributed by atoms with Crippen LogP contribution >= 0.6 is 0 Å². The van der Waals surface area contributed by atoms with Crippen LogP contribution in [0.5, 0.6) is 0 Å². The molecule has 1 aliphatic carbocycles. The number of benzene rings is 2. The number of aryl methyl sites for hydroxylation is 1. The van der Waals surface area contributed by atoms with E-state index in [1.165, 1.54) is 45.6 Å². The number of hydrogen-bond donors (Lipinski definition) is 0. The number of rotatable bonds is 9. The van der Waals surface area contributed by atoms with Gasteiger partial charge in [0.05, 0.1) is 18.9 Å². The zero-order valence-corrected chi connectivity index (χ0v) is 20.2. The van der Waals surface area contributed by atoms with Gasteiger partial charge in [-0.3, -0.25) is 0 Å². The minimum absolute atomic E-state index is 0.281. The van der Waals surface area contributed by atoms with Crippen LogP contribution in [0.3, 0.4) is 0 Å². The average Bonchev–Trinajstić information content (AvgIpc) is 2.89. The lowest BCUT2D eigenvalue weighted by molar-refractivity contribution is 0.0600. The smallest absolute Gasteiger partial charge is 0.338 e. The molecule has 0 spiro atoms. The van der Waals surface area contributed by atoms with Crippen molar-refractivity contribution in [2.45, 2.75) is 58.0 Å². The van der Waals surface area contributed by atoms with E-state index in [2.05, 4.69) is 29.3 Å². The van der Waals surface area contributed by atoms with Crippen molar-refractivity contribution in [3.8, 4) is 11.1 Å². The SMILES string of the molecule is COC(=O)c1ccc(C(OCCCC2CCCCC2)c2ccnnc2)cc1-c1ccccc1C. The van der Waals surface area contributed by atoms with Crippen LogP contribution in [0, 0.1) is 12.8 Å². The van der Waals surface area contributed by atoms with Gasteiger partial charge in [-0.1, -0.05) is 62.4 Å². The molecule has 0 radical (unpaired) electrons. The molecular weight excluding hydrogens is 424 g/mol. The molecule has 0 N–H and O–H groups in total. The number of esters is 1. The van der Waals surface area contributed by atoms with Gasteiger partial charge >= 0.3 is 5.97 Å². The van der Waals surface area contributed by atoms with Crippen LogP contribution < -0.4 is 0 Å². The van der Waals surface area contributed by atoms with Gasteiger partial charge in [0.15, 0.2) is 0 Å². The van der Waals surface area contributed by atoms with Gasteiger partial charge in [-0.05, 0) is 66.1 Å². The van der Waals surface area contributed by atoms with Crippen LogP contribution in [0.25, 0.3) is 11.1 Å². The summed E-state index contributed by atoms with van der Waals surface area (Å²) in [6.07, 6.45) is 12.3. The molecule has 0 aliphatic heterocycles. The first-order valence-corrected chi connectivity index (χ1v) is 12.3. The molecule has 5 nitrogen and oxygen atoms in total. The summed E-state index contributed by atoms with van der Waals surface area (Å²) in [5, 5.41) is 8.02. The predicted octanol–water partition coefficient (Wildman–Crippen LogP) is 6.71. The first kappa shape index (κ1) is 24.1. The highest BCUT2D eigenvalue weighted by molar-refractivity contribution is 5.97. The molecule has 0 saturated heterocycles. The lowest BCUT2D eigenvalue weighted by Crippen LogP contribution is -2.12. The minimum Gasteiger partial charge on any atom is -0.465 e. The van der Waals surface area contributed by atoms with E-state index >= 15 is 0 Å². The monoisotopic (exact) mass is 458 g/mol. The van der Waals surface area contributed by atoms with Crippen molar-refractivity contribution in [3.63, 3.8) is 0 Å². The van der Waals surface area contributed by atoms with E-state index < -0.39 is 0 Å². The molecule has 1 fully saturated rings. The maximum absolute atomic E-state index is 12.6. The summed E-state index contributed by atoms with van der Waals surface area (Å²) in [4.78, 5) is 12.6. The highest BCUT2D eigenvalue weighted by atomic mass is 16.5. The quantitative estimate of drug-likeness (QED) is 0.264. The molecule has 34 heavy (non-hydrogen) atoms. The molecule has 1 heterocycles. The molecule has 178 valence electrons. The van der Waals surface area contributed by atoms with Gasteiger partial charge in [0.2, 0.25) is 0 Å². The maximum atomic E-state index is 12.6. The van der Waals surface area contributed by atoms with Crippen LogP contribution in [0.15, 0.2) is 60.9 Å². The van der Waals surface area contributed by atoms with Gasteiger partial charge in [-0.15, -0.1) is 0 Å². The minimum atomic E-state index is -0.347. The molecule has 1 aliphatic rings. The van der Waals surface area contributed by atoms with Crippen molar-refractivity contribution in [2.75, 3.05) is 13.7 Å². The fraction of sp³-hybridized carbons (Fsp3) is 0.414. The topological polar surface area (TPSA) is 61.3 Å². The second-order valence-corrected chi connectivity index (χ2v) is 9.18. The molecule has 3 aromatic rings. The van der Waals surface area contributed by atoms with Crippen molar-refractivity contribution >= 4 is 5.97 Å². The Hall–Kier alpha value is -3.05. The third-order valence-electron chi connectivity index (χ3n) is 6.86. The van der Waals surface area contributed by atoms with E-state index in [0.717, 1.165) is 40.2 Å². The van der Waals surface area contributed by atoms with E-state index in [0.29, 0.717) is 12.2 Å². The summed E-state index contributed by atoms with van der Waals surface area (Å²) >= 11 is 0. The second-order valence-electron chi connectivity index (χ2n) is 9.18. The molecule has 2 aromatic carbocycles. The highest BCUT2D eigenvalue weighted by Crippen LogP contribution is 2.34. The summed E-state index contributed by atoms with van der Waals surface area (Å²) in [6.45, 7) is 2.73. The van der Waals surface area contributed by atoms with Gasteiger partial charge < -0.3 is 9.47 Å². The van der Waals surface area contributed by atoms with Crippen LogP contribution in [-0.2, 0) is 9.47 Å². The molecule has 5 heteroatoms. The second kappa shape index (κ2) is 11.9. The number of ether oxygens (including phenoxy) is 2. The van der Waals surface area contributed by atoms with Crippen molar-refractivity contribution in [2.24, 2.45) is 5.92 Å². The third-order valence-corrected chi connectivity index (χ3v) is 6.86. The van der Waals surface area contributed by atoms with Gasteiger partial charge in [-0.25, -0.2) is 4.79 Å². The largest absolute Gasteiger partial charge is 0.465 e. The fourth-order valence-electron chi connectivity index (χ4n) is 5.00. The summed E-state index contributed by atoms with van der Waals surface area (Å²) in [5.41, 5.74) is 5.43. The fourth-order valence-corrected chi connectivity index (χ4v) is 5.00. The molecular formula is C29H34N2O3. The summed E-state index contributed by atoms with van der Waals surface area (Å²) in [6, 6.07) is 15.9. The van der Waals surface area contributed by atoms with Crippen molar-refractivity contribution in [1.29, 1.82) is 0 Å². The molecule has 0 amide bonds. The van der Waals surface area contributed by atoms with E-state index in [-0.39, 0.29) is 12.1 Å². The lowest BCUT2D eigenvalue weighted by Gasteiger charge is -2.23. The van der Waals surface area contributed by atoms with Crippen LogP contribution in [0.2, 0.25) is 0 Å².